The van der Waals surface area contributed by atoms with Crippen LogP contribution in [0.4, 0.5) is 34.1 Å². The zero-order valence-corrected chi connectivity index (χ0v) is 50.1. The standard InChI is InChI=1S/C86H64N2O2/c1-3-13-49(14-4-1)51-25-29-59(30-26-51)87(73-23-11-21-71-79(73)67-17-7-9-19-69(67)85(71)57-41-53-39-55-43-77(85)83(53,55)47-57)61-33-35-63-65-37-38-66-64-36-34-62(46-76(64)90-82(66)81(65)89-75(63)45-61)88(60-31-27-52(28-32-60)50-15-5-2-6-16-50)74-24-12-22-72-80(74)68-18-8-10-20-70(68)86(72)58-42-54-40-56-44-78(86)84(54,56)48-58/h1-38,45-46,53-58,77-78H,39-44,47-48H2. The highest BCUT2D eigenvalue weighted by Crippen LogP contribution is 2.90. The zero-order chi connectivity index (χ0) is 58.1. The molecule has 23 rings (SSSR count). The molecule has 90 heavy (non-hydrogen) atoms. The van der Waals surface area contributed by atoms with Crippen LogP contribution in [-0.4, -0.2) is 0 Å². The summed E-state index contributed by atoms with van der Waals surface area (Å²) in [6, 6.07) is 92.1. The van der Waals surface area contributed by atoms with Gasteiger partial charge < -0.3 is 18.6 Å². The summed E-state index contributed by atoms with van der Waals surface area (Å²) < 4.78 is 14.5. The first-order chi connectivity index (χ1) is 44.5. The molecule has 12 atom stereocenters. The zero-order valence-electron chi connectivity index (χ0n) is 50.1. The number of nitrogens with zero attached hydrogens (tertiary/aromatic N) is 2. The number of rotatable bonds is 8. The maximum Gasteiger partial charge on any atom is 0.178 e. The molecule has 4 bridgehead atoms. The van der Waals surface area contributed by atoms with Crippen LogP contribution in [0.15, 0.2) is 251 Å². The lowest BCUT2D eigenvalue weighted by molar-refractivity contribution is -0.193. The van der Waals surface area contributed by atoms with Gasteiger partial charge in [0.25, 0.3) is 0 Å². The summed E-state index contributed by atoms with van der Waals surface area (Å²) in [6.45, 7) is 0. The van der Waals surface area contributed by atoms with Gasteiger partial charge in [-0.2, -0.15) is 0 Å². The van der Waals surface area contributed by atoms with E-state index >= 15 is 0 Å². The Balaban J connectivity index is 0.678. The molecule has 12 unspecified atom stereocenters. The minimum Gasteiger partial charge on any atom is -0.452 e. The number of furan rings is 2. The highest BCUT2D eigenvalue weighted by Gasteiger charge is 2.83. The van der Waals surface area contributed by atoms with Crippen molar-refractivity contribution >= 4 is 78.0 Å². The predicted octanol–water partition coefficient (Wildman–Crippen LogP) is 22.4. The first kappa shape index (κ1) is 48.5. The van der Waals surface area contributed by atoms with Gasteiger partial charge in [0.1, 0.15) is 11.2 Å². The van der Waals surface area contributed by atoms with Gasteiger partial charge in [-0.05, 0) is 238 Å². The molecule has 11 aromatic carbocycles. The Kier molecular flexibility index (Phi) is 8.91. The fraction of sp³-hybridized carbons (Fsp3) is 0.233. The second-order valence-corrected chi connectivity index (χ2v) is 29.4. The van der Waals surface area contributed by atoms with E-state index < -0.39 is 0 Å². The van der Waals surface area contributed by atoms with Gasteiger partial charge in [0.05, 0.1) is 11.4 Å². The van der Waals surface area contributed by atoms with Crippen molar-refractivity contribution in [3.8, 4) is 44.5 Å². The van der Waals surface area contributed by atoms with E-state index in [0.29, 0.717) is 22.7 Å². The molecule has 4 nitrogen and oxygen atoms in total. The molecule has 0 radical (unpaired) electrons. The van der Waals surface area contributed by atoms with Crippen LogP contribution >= 0.6 is 0 Å². The first-order valence-corrected chi connectivity index (χ1v) is 33.7. The van der Waals surface area contributed by atoms with Gasteiger partial charge in [-0.3, -0.25) is 0 Å². The van der Waals surface area contributed by atoms with E-state index in [-0.39, 0.29) is 10.8 Å². The van der Waals surface area contributed by atoms with Gasteiger partial charge in [-0.1, -0.05) is 158 Å². The van der Waals surface area contributed by atoms with E-state index in [9.17, 15) is 0 Å². The molecule has 10 aliphatic rings. The molecule has 4 spiro atoms. The number of hydrogen-bond donors (Lipinski definition) is 0. The topological polar surface area (TPSA) is 32.8 Å². The summed E-state index contributed by atoms with van der Waals surface area (Å²) in [6.07, 6.45) is 11.3. The van der Waals surface area contributed by atoms with Crippen molar-refractivity contribution in [2.75, 3.05) is 9.80 Å². The lowest BCUT2D eigenvalue weighted by Gasteiger charge is -2.70. The van der Waals surface area contributed by atoms with Gasteiger partial charge >= 0.3 is 0 Å². The molecular formula is C86H64N2O2. The predicted molar refractivity (Wildman–Crippen MR) is 363 cm³/mol. The largest absolute Gasteiger partial charge is 0.452 e. The van der Waals surface area contributed by atoms with Crippen molar-refractivity contribution in [1.82, 2.24) is 0 Å². The van der Waals surface area contributed by atoms with Gasteiger partial charge in [0.15, 0.2) is 11.2 Å². The average molecular weight is 1160 g/mol. The van der Waals surface area contributed by atoms with Crippen LogP contribution < -0.4 is 9.80 Å². The molecule has 4 heteroatoms. The Morgan fingerprint density at radius 2 is 0.667 bits per heavy atom. The summed E-state index contributed by atoms with van der Waals surface area (Å²) in [5.41, 5.74) is 28.2. The third kappa shape index (κ3) is 5.49. The molecule has 8 fully saturated rings. The highest BCUT2D eigenvalue weighted by atomic mass is 16.4. The van der Waals surface area contributed by atoms with Crippen molar-refractivity contribution in [1.29, 1.82) is 0 Å². The Morgan fingerprint density at radius 1 is 0.300 bits per heavy atom. The summed E-state index contributed by atoms with van der Waals surface area (Å²) in [7, 11) is 0. The fourth-order valence-electron chi connectivity index (χ4n) is 23.9. The van der Waals surface area contributed by atoms with Crippen LogP contribution in [0.3, 0.4) is 0 Å². The third-order valence-corrected chi connectivity index (χ3v) is 27.0. The Morgan fingerprint density at radius 3 is 1.10 bits per heavy atom. The second kappa shape index (κ2) is 16.5. The number of anilines is 6. The summed E-state index contributed by atoms with van der Waals surface area (Å²) in [5.74, 6) is 6.59. The van der Waals surface area contributed by atoms with E-state index in [1.165, 1.54) is 107 Å². The van der Waals surface area contributed by atoms with Crippen LogP contribution in [0.25, 0.3) is 88.4 Å². The lowest BCUT2D eigenvalue weighted by atomic mass is 9.34. The van der Waals surface area contributed by atoms with Crippen LogP contribution in [0, 0.1) is 58.2 Å². The minimum atomic E-state index is 0.0811. The van der Waals surface area contributed by atoms with E-state index in [1.807, 2.05) is 0 Å². The van der Waals surface area contributed by atoms with E-state index in [2.05, 4.69) is 252 Å². The number of hydrogen-bond acceptors (Lipinski definition) is 4. The Bertz CT molecular complexity index is 4980. The monoisotopic (exact) mass is 1160 g/mol. The van der Waals surface area contributed by atoms with Crippen molar-refractivity contribution in [2.45, 2.75) is 62.2 Å². The molecular weight excluding hydrogens is 1090 g/mol. The summed E-state index contributed by atoms with van der Waals surface area (Å²) in [4.78, 5) is 5.06. The van der Waals surface area contributed by atoms with Crippen LogP contribution in [0.5, 0.6) is 0 Å². The van der Waals surface area contributed by atoms with Crippen LogP contribution in [0.1, 0.15) is 73.6 Å². The van der Waals surface area contributed by atoms with Crippen molar-refractivity contribution in [3.05, 3.63) is 265 Å². The third-order valence-electron chi connectivity index (χ3n) is 27.0. The van der Waals surface area contributed by atoms with Gasteiger partial charge in [-0.25, -0.2) is 0 Å². The van der Waals surface area contributed by atoms with Gasteiger partial charge in [0.2, 0.25) is 0 Å². The highest BCUT2D eigenvalue weighted by molar-refractivity contribution is 6.19. The molecule has 13 aromatic rings. The van der Waals surface area contributed by atoms with E-state index in [0.717, 1.165) is 102 Å². The quantitative estimate of drug-likeness (QED) is 0.152. The summed E-state index contributed by atoms with van der Waals surface area (Å²) >= 11 is 0. The van der Waals surface area contributed by atoms with Gasteiger partial charge in [-0.15, -0.1) is 0 Å². The Labute approximate surface area is 523 Å². The lowest BCUT2D eigenvalue weighted by Crippen LogP contribution is -2.65. The van der Waals surface area contributed by atoms with Crippen LogP contribution in [0.2, 0.25) is 0 Å². The normalized spacial score (nSPS) is 29.6. The maximum atomic E-state index is 7.25. The molecule has 0 N–H and O–H groups in total. The molecule has 0 amide bonds. The number of fused-ring (bicyclic) bond motifs is 23. The van der Waals surface area contributed by atoms with Crippen molar-refractivity contribution in [3.63, 3.8) is 0 Å². The molecule has 0 aliphatic heterocycles. The van der Waals surface area contributed by atoms with Crippen LogP contribution in [-0.2, 0) is 10.8 Å². The fourth-order valence-corrected chi connectivity index (χ4v) is 23.9. The van der Waals surface area contributed by atoms with E-state index in [4.69, 9.17) is 8.83 Å². The molecule has 2 aromatic heterocycles. The van der Waals surface area contributed by atoms with Gasteiger partial charge in [0, 0.05) is 78.4 Å². The molecule has 430 valence electrons. The first-order valence-electron chi connectivity index (χ1n) is 33.7. The second-order valence-electron chi connectivity index (χ2n) is 29.4. The minimum absolute atomic E-state index is 0.0811. The Hall–Kier alpha value is -9.38. The SMILES string of the molecule is c1ccc(-c2ccc(N(c3ccc4c(c3)oc3c4ccc4c5ccc(N(c6ccc(-c7ccccc7)cc6)c6cccc7c6-c6ccccc6C76C7CC8CC9CC6C89C7)cc5oc43)c3cccc4c3-c3ccccc3C43C4CC5CC6CC3C56C4)cc2)cc1. The number of benzene rings is 11. The molecule has 0 saturated heterocycles. The summed E-state index contributed by atoms with van der Waals surface area (Å²) in [5, 5.41) is 4.27. The maximum absolute atomic E-state index is 7.25. The van der Waals surface area contributed by atoms with E-state index in [1.54, 1.807) is 22.3 Å². The van der Waals surface area contributed by atoms with Crippen molar-refractivity contribution < 1.29 is 8.83 Å². The molecule has 10 aliphatic carbocycles. The van der Waals surface area contributed by atoms with Crippen molar-refractivity contribution in [2.24, 2.45) is 58.2 Å². The molecule has 2 heterocycles. The molecule has 8 saturated carbocycles. The smallest absolute Gasteiger partial charge is 0.178 e. The average Bonchev–Trinajstić information content (AvgIpc) is 1.45.